The maximum atomic E-state index is 12.9. The van der Waals surface area contributed by atoms with Gasteiger partial charge in [-0.25, -0.2) is 4.39 Å². The Morgan fingerprint density at radius 1 is 1.12 bits per heavy atom. The number of hydrogen-bond acceptors (Lipinski definition) is 4. The molecule has 0 saturated carbocycles. The SMILES string of the molecule is O=C(CN1C(=O)S/C(=C\c2ccc(Br)cc2)C1=O)Nc1ccc(F)cc1. The summed E-state index contributed by atoms with van der Waals surface area (Å²) in [6, 6.07) is 12.5. The van der Waals surface area contributed by atoms with Crippen molar-refractivity contribution >= 4 is 56.5 Å². The molecule has 2 aromatic rings. The molecule has 132 valence electrons. The van der Waals surface area contributed by atoms with E-state index in [1.165, 1.54) is 24.3 Å². The first kappa shape index (κ1) is 18.3. The van der Waals surface area contributed by atoms with Crippen LogP contribution in [0, 0.1) is 5.82 Å². The first-order chi connectivity index (χ1) is 12.4. The Morgan fingerprint density at radius 3 is 2.42 bits per heavy atom. The number of anilines is 1. The summed E-state index contributed by atoms with van der Waals surface area (Å²) in [6.45, 7) is -0.403. The lowest BCUT2D eigenvalue weighted by Crippen LogP contribution is -2.36. The number of rotatable bonds is 4. The highest BCUT2D eigenvalue weighted by Crippen LogP contribution is 2.32. The molecule has 2 aromatic carbocycles. The van der Waals surface area contributed by atoms with Gasteiger partial charge in [0.1, 0.15) is 12.4 Å². The first-order valence-corrected chi connectivity index (χ1v) is 9.10. The minimum absolute atomic E-state index is 0.256. The van der Waals surface area contributed by atoms with Crippen LogP contribution in [-0.2, 0) is 9.59 Å². The van der Waals surface area contributed by atoms with Gasteiger partial charge < -0.3 is 5.32 Å². The highest BCUT2D eigenvalue weighted by atomic mass is 79.9. The number of carbonyl (C=O) groups is 3. The van der Waals surface area contributed by atoms with Crippen LogP contribution >= 0.6 is 27.7 Å². The van der Waals surface area contributed by atoms with E-state index >= 15 is 0 Å². The van der Waals surface area contributed by atoms with Gasteiger partial charge >= 0.3 is 0 Å². The van der Waals surface area contributed by atoms with E-state index in [2.05, 4.69) is 21.2 Å². The number of nitrogens with zero attached hydrogens (tertiary/aromatic N) is 1. The Labute approximate surface area is 161 Å². The van der Waals surface area contributed by atoms with Crippen LogP contribution in [0.4, 0.5) is 14.9 Å². The summed E-state index contributed by atoms with van der Waals surface area (Å²) in [5.41, 5.74) is 1.16. The van der Waals surface area contributed by atoms with E-state index in [1.807, 2.05) is 12.1 Å². The zero-order valence-corrected chi connectivity index (χ0v) is 15.6. The van der Waals surface area contributed by atoms with Gasteiger partial charge in [-0.15, -0.1) is 0 Å². The van der Waals surface area contributed by atoms with Gasteiger partial charge in [-0.2, -0.15) is 0 Å². The molecule has 0 atom stereocenters. The first-order valence-electron chi connectivity index (χ1n) is 7.49. The second kappa shape index (κ2) is 7.84. The molecule has 1 fully saturated rings. The van der Waals surface area contributed by atoms with Crippen LogP contribution in [0.25, 0.3) is 6.08 Å². The van der Waals surface area contributed by atoms with Crippen LogP contribution in [0.5, 0.6) is 0 Å². The molecule has 1 heterocycles. The maximum absolute atomic E-state index is 12.9. The third kappa shape index (κ3) is 4.39. The van der Waals surface area contributed by atoms with Crippen molar-refractivity contribution in [1.82, 2.24) is 4.90 Å². The molecule has 1 N–H and O–H groups in total. The average Bonchev–Trinajstić information content (AvgIpc) is 2.86. The number of benzene rings is 2. The Morgan fingerprint density at radius 2 is 1.77 bits per heavy atom. The number of amides is 3. The number of nitrogens with one attached hydrogen (secondary N) is 1. The molecule has 0 bridgehead atoms. The number of imide groups is 1. The van der Waals surface area contributed by atoms with E-state index in [1.54, 1.807) is 18.2 Å². The van der Waals surface area contributed by atoms with Crippen LogP contribution in [0.3, 0.4) is 0 Å². The van der Waals surface area contributed by atoms with Crippen LogP contribution in [0.1, 0.15) is 5.56 Å². The van der Waals surface area contributed by atoms with Crippen molar-refractivity contribution in [3.05, 3.63) is 69.3 Å². The second-order valence-corrected chi connectivity index (χ2v) is 7.28. The summed E-state index contributed by atoms with van der Waals surface area (Å²) < 4.78 is 13.8. The Balaban J connectivity index is 1.67. The normalized spacial score (nSPS) is 15.6. The zero-order valence-electron chi connectivity index (χ0n) is 13.2. The third-order valence-corrected chi connectivity index (χ3v) is 4.91. The third-order valence-electron chi connectivity index (χ3n) is 3.47. The van der Waals surface area contributed by atoms with Gasteiger partial charge in [-0.1, -0.05) is 28.1 Å². The highest BCUT2D eigenvalue weighted by Gasteiger charge is 2.36. The molecule has 1 aliphatic heterocycles. The van der Waals surface area contributed by atoms with E-state index in [-0.39, 0.29) is 4.91 Å². The lowest BCUT2D eigenvalue weighted by molar-refractivity contribution is -0.127. The lowest BCUT2D eigenvalue weighted by Gasteiger charge is -2.12. The molecule has 5 nitrogen and oxygen atoms in total. The van der Waals surface area contributed by atoms with Gasteiger partial charge in [-0.3, -0.25) is 19.3 Å². The van der Waals surface area contributed by atoms with Gasteiger partial charge in [0.15, 0.2) is 0 Å². The molecule has 1 saturated heterocycles. The van der Waals surface area contributed by atoms with E-state index < -0.39 is 29.4 Å². The molecule has 26 heavy (non-hydrogen) atoms. The Hall–Kier alpha value is -2.45. The predicted octanol–water partition coefficient (Wildman–Crippen LogP) is 4.26. The van der Waals surface area contributed by atoms with Crippen molar-refractivity contribution in [3.8, 4) is 0 Å². The molecule has 0 spiro atoms. The van der Waals surface area contributed by atoms with E-state index in [0.717, 1.165) is 26.7 Å². The van der Waals surface area contributed by atoms with Crippen molar-refractivity contribution in [2.45, 2.75) is 0 Å². The van der Waals surface area contributed by atoms with Crippen molar-refractivity contribution in [1.29, 1.82) is 0 Å². The Bertz CT molecular complexity index is 898. The molecule has 3 amide bonds. The van der Waals surface area contributed by atoms with Crippen LogP contribution < -0.4 is 5.32 Å². The van der Waals surface area contributed by atoms with Gasteiger partial charge in [0.2, 0.25) is 5.91 Å². The zero-order chi connectivity index (χ0) is 18.7. The van der Waals surface area contributed by atoms with Gasteiger partial charge in [0.05, 0.1) is 4.91 Å². The molecule has 0 radical (unpaired) electrons. The molecule has 8 heteroatoms. The van der Waals surface area contributed by atoms with E-state index in [0.29, 0.717) is 5.69 Å². The summed E-state index contributed by atoms with van der Waals surface area (Å²) in [5, 5.41) is 2.02. The summed E-state index contributed by atoms with van der Waals surface area (Å²) in [7, 11) is 0. The van der Waals surface area contributed by atoms with Crippen LogP contribution in [-0.4, -0.2) is 28.5 Å². The van der Waals surface area contributed by atoms with Gasteiger partial charge in [-0.05, 0) is 59.8 Å². The fourth-order valence-corrected chi connectivity index (χ4v) is 3.33. The molecular weight excluding hydrogens is 423 g/mol. The molecule has 0 aromatic heterocycles. The molecular formula is C18H12BrFN2O3S. The monoisotopic (exact) mass is 434 g/mol. The maximum Gasteiger partial charge on any atom is 0.294 e. The standard InChI is InChI=1S/C18H12BrFN2O3S/c19-12-3-1-11(2-4-12)9-15-17(24)22(18(25)26-15)10-16(23)21-14-7-5-13(20)6-8-14/h1-9H,10H2,(H,21,23)/b15-9-. The van der Waals surface area contributed by atoms with Gasteiger partial charge in [0, 0.05) is 10.2 Å². The van der Waals surface area contributed by atoms with Crippen molar-refractivity contribution in [2.75, 3.05) is 11.9 Å². The largest absolute Gasteiger partial charge is 0.325 e. The minimum Gasteiger partial charge on any atom is -0.325 e. The number of halogens is 2. The lowest BCUT2D eigenvalue weighted by atomic mass is 10.2. The predicted molar refractivity (Wildman–Crippen MR) is 102 cm³/mol. The second-order valence-electron chi connectivity index (χ2n) is 5.37. The van der Waals surface area contributed by atoms with Crippen LogP contribution in [0.2, 0.25) is 0 Å². The highest BCUT2D eigenvalue weighted by molar-refractivity contribution is 9.10. The van der Waals surface area contributed by atoms with Crippen molar-refractivity contribution < 1.29 is 18.8 Å². The summed E-state index contributed by atoms with van der Waals surface area (Å²) >= 11 is 4.12. The van der Waals surface area contributed by atoms with E-state index in [9.17, 15) is 18.8 Å². The summed E-state index contributed by atoms with van der Waals surface area (Å²) in [5.74, 6) is -1.48. The van der Waals surface area contributed by atoms with Gasteiger partial charge in [0.25, 0.3) is 11.1 Å². The molecule has 3 rings (SSSR count). The summed E-state index contributed by atoms with van der Waals surface area (Å²) in [4.78, 5) is 37.7. The fraction of sp³-hybridized carbons (Fsp3) is 0.0556. The van der Waals surface area contributed by atoms with Crippen molar-refractivity contribution in [3.63, 3.8) is 0 Å². The van der Waals surface area contributed by atoms with Crippen LogP contribution in [0.15, 0.2) is 57.9 Å². The summed E-state index contributed by atoms with van der Waals surface area (Å²) in [6.07, 6.45) is 1.61. The molecule has 0 aliphatic carbocycles. The smallest absolute Gasteiger partial charge is 0.294 e. The van der Waals surface area contributed by atoms with E-state index in [4.69, 9.17) is 0 Å². The van der Waals surface area contributed by atoms with Crippen molar-refractivity contribution in [2.24, 2.45) is 0 Å². The number of carbonyl (C=O) groups excluding carboxylic acids is 3. The number of hydrogen-bond donors (Lipinski definition) is 1. The average molecular weight is 435 g/mol. The quantitative estimate of drug-likeness (QED) is 0.729. The minimum atomic E-state index is -0.538. The fourth-order valence-electron chi connectivity index (χ4n) is 2.22. The Kier molecular flexibility index (Phi) is 5.53. The molecule has 1 aliphatic rings. The topological polar surface area (TPSA) is 66.5 Å². The molecule has 0 unspecified atom stereocenters. The number of thioether (sulfide) groups is 1.